The van der Waals surface area contributed by atoms with Gasteiger partial charge in [-0.1, -0.05) is 18.2 Å². The van der Waals surface area contributed by atoms with Gasteiger partial charge in [-0.15, -0.1) is 0 Å². The molecule has 1 aromatic heterocycles. The number of amides is 2. The zero-order valence-corrected chi connectivity index (χ0v) is 16.4. The summed E-state index contributed by atoms with van der Waals surface area (Å²) in [5.41, 5.74) is 6.95. The SMILES string of the molecule is C=CC(=O)N1CCC2CCN(c3c(F)cc(C(N)=O)c4[nH]c(C)c(Cl)c34)C[C@H]21. The van der Waals surface area contributed by atoms with Gasteiger partial charge in [-0.25, -0.2) is 4.39 Å². The first-order valence-corrected chi connectivity index (χ1v) is 9.69. The number of rotatable bonds is 3. The van der Waals surface area contributed by atoms with E-state index in [-0.39, 0.29) is 17.5 Å². The highest BCUT2D eigenvalue weighted by molar-refractivity contribution is 6.38. The Hall–Kier alpha value is -2.54. The Morgan fingerprint density at radius 1 is 1.39 bits per heavy atom. The van der Waals surface area contributed by atoms with Crippen molar-refractivity contribution in [3.8, 4) is 0 Å². The van der Waals surface area contributed by atoms with Gasteiger partial charge in [0.25, 0.3) is 5.91 Å². The molecule has 0 saturated carbocycles. The van der Waals surface area contributed by atoms with Crippen molar-refractivity contribution < 1.29 is 14.0 Å². The number of aromatic nitrogens is 1. The lowest BCUT2D eigenvalue weighted by Crippen LogP contribution is -2.50. The maximum absolute atomic E-state index is 15.2. The molecule has 2 saturated heterocycles. The summed E-state index contributed by atoms with van der Waals surface area (Å²) in [7, 11) is 0. The first kappa shape index (κ1) is 18.8. The maximum Gasteiger partial charge on any atom is 0.250 e. The Balaban J connectivity index is 1.80. The molecule has 6 nitrogen and oxygen atoms in total. The molecule has 1 unspecified atom stereocenters. The van der Waals surface area contributed by atoms with Crippen LogP contribution in [0.3, 0.4) is 0 Å². The quantitative estimate of drug-likeness (QED) is 0.771. The van der Waals surface area contributed by atoms with Gasteiger partial charge in [0, 0.05) is 30.7 Å². The molecule has 3 N–H and O–H groups in total. The van der Waals surface area contributed by atoms with Crippen LogP contribution in [0.15, 0.2) is 18.7 Å². The van der Waals surface area contributed by atoms with Crippen LogP contribution in [-0.2, 0) is 4.79 Å². The van der Waals surface area contributed by atoms with Crippen molar-refractivity contribution >= 4 is 40.0 Å². The van der Waals surface area contributed by atoms with E-state index >= 15 is 4.39 Å². The van der Waals surface area contributed by atoms with E-state index in [4.69, 9.17) is 17.3 Å². The molecule has 2 aliphatic heterocycles. The van der Waals surface area contributed by atoms with Gasteiger partial charge in [-0.2, -0.15) is 0 Å². The Morgan fingerprint density at radius 2 is 2.11 bits per heavy atom. The van der Waals surface area contributed by atoms with E-state index in [1.165, 1.54) is 12.1 Å². The third-order valence-corrected chi connectivity index (χ3v) is 6.49. The summed E-state index contributed by atoms with van der Waals surface area (Å²) in [6.07, 6.45) is 3.12. The van der Waals surface area contributed by atoms with Gasteiger partial charge >= 0.3 is 0 Å². The van der Waals surface area contributed by atoms with Gasteiger partial charge in [0.2, 0.25) is 5.91 Å². The Kier molecular flexibility index (Phi) is 4.57. The van der Waals surface area contributed by atoms with Crippen molar-refractivity contribution in [2.24, 2.45) is 11.7 Å². The van der Waals surface area contributed by atoms with Crippen molar-refractivity contribution in [3.63, 3.8) is 0 Å². The Bertz CT molecular complexity index is 1000. The fourth-order valence-electron chi connectivity index (χ4n) is 4.65. The minimum Gasteiger partial charge on any atom is -0.366 e. The van der Waals surface area contributed by atoms with Gasteiger partial charge in [-0.05, 0) is 37.8 Å². The van der Waals surface area contributed by atoms with Crippen molar-refractivity contribution in [1.82, 2.24) is 9.88 Å². The van der Waals surface area contributed by atoms with E-state index in [0.717, 1.165) is 12.8 Å². The summed E-state index contributed by atoms with van der Waals surface area (Å²) < 4.78 is 15.2. The summed E-state index contributed by atoms with van der Waals surface area (Å²) in [5.74, 6) is -0.961. The second-order valence-corrected chi connectivity index (χ2v) is 7.90. The Morgan fingerprint density at radius 3 is 2.79 bits per heavy atom. The summed E-state index contributed by atoms with van der Waals surface area (Å²) >= 11 is 6.47. The number of piperidine rings is 1. The third kappa shape index (κ3) is 2.76. The number of aromatic amines is 1. The van der Waals surface area contributed by atoms with Gasteiger partial charge in [0.15, 0.2) is 0 Å². The number of nitrogens with one attached hydrogen (secondary N) is 1. The lowest BCUT2D eigenvalue weighted by atomic mass is 9.91. The third-order valence-electron chi connectivity index (χ3n) is 6.02. The highest BCUT2D eigenvalue weighted by Crippen LogP contribution is 2.42. The highest BCUT2D eigenvalue weighted by atomic mass is 35.5. The number of nitrogens with zero attached hydrogens (tertiary/aromatic N) is 2. The number of fused-ring (bicyclic) bond motifs is 2. The first-order valence-electron chi connectivity index (χ1n) is 9.31. The van der Waals surface area contributed by atoms with Crippen LogP contribution in [0.5, 0.6) is 0 Å². The average Bonchev–Trinajstić information content (AvgIpc) is 3.22. The summed E-state index contributed by atoms with van der Waals surface area (Å²) in [4.78, 5) is 30.8. The molecule has 0 spiro atoms. The number of hydrogen-bond donors (Lipinski definition) is 2. The molecular weight excluding hydrogens is 383 g/mol. The van der Waals surface area contributed by atoms with Crippen LogP contribution >= 0.6 is 11.6 Å². The number of benzene rings is 1. The van der Waals surface area contributed by atoms with E-state index in [1.54, 1.807) is 6.92 Å². The predicted molar refractivity (Wildman–Crippen MR) is 107 cm³/mol. The fourth-order valence-corrected chi connectivity index (χ4v) is 4.88. The van der Waals surface area contributed by atoms with Crippen molar-refractivity contribution in [2.45, 2.75) is 25.8 Å². The smallest absolute Gasteiger partial charge is 0.250 e. The molecule has 0 aliphatic carbocycles. The van der Waals surface area contributed by atoms with Crippen LogP contribution in [0.2, 0.25) is 5.02 Å². The maximum atomic E-state index is 15.2. The van der Waals surface area contributed by atoms with Crippen molar-refractivity contribution in [3.05, 3.63) is 40.8 Å². The standard InChI is InChI=1S/C20H22ClFN4O2/c1-3-15(27)26-7-5-11-4-6-25(9-14(11)26)19-13(22)8-12(20(23)28)18-16(19)17(21)10(2)24-18/h3,8,11,14,24H,1,4-7,9H2,2H3,(H2,23,28)/t11?,14-/m1/s1. The fraction of sp³-hybridized carbons (Fsp3) is 0.400. The number of halogens is 2. The van der Waals surface area contributed by atoms with Crippen LogP contribution in [0, 0.1) is 18.7 Å². The van der Waals surface area contributed by atoms with E-state index in [9.17, 15) is 9.59 Å². The molecule has 3 heterocycles. The average molecular weight is 405 g/mol. The largest absolute Gasteiger partial charge is 0.366 e. The van der Waals surface area contributed by atoms with Crippen LogP contribution in [-0.4, -0.2) is 47.4 Å². The van der Waals surface area contributed by atoms with Crippen LogP contribution in [0.25, 0.3) is 10.9 Å². The molecule has 2 aromatic rings. The molecule has 148 valence electrons. The molecule has 2 aliphatic rings. The summed E-state index contributed by atoms with van der Waals surface area (Å²) in [6, 6.07) is 1.17. The van der Waals surface area contributed by atoms with Gasteiger partial charge in [-0.3, -0.25) is 9.59 Å². The van der Waals surface area contributed by atoms with Crippen molar-refractivity contribution in [2.75, 3.05) is 24.5 Å². The molecule has 2 atom stereocenters. The normalized spacial score (nSPS) is 21.8. The van der Waals surface area contributed by atoms with E-state index in [1.807, 2.05) is 9.80 Å². The monoisotopic (exact) mass is 404 g/mol. The van der Waals surface area contributed by atoms with E-state index in [2.05, 4.69) is 11.6 Å². The molecule has 2 fully saturated rings. The highest BCUT2D eigenvalue weighted by Gasteiger charge is 2.41. The minimum absolute atomic E-state index is 0.00308. The minimum atomic E-state index is -0.717. The van der Waals surface area contributed by atoms with Crippen LogP contribution in [0.4, 0.5) is 10.1 Å². The van der Waals surface area contributed by atoms with E-state index in [0.29, 0.717) is 52.9 Å². The zero-order chi connectivity index (χ0) is 20.2. The lowest BCUT2D eigenvalue weighted by Gasteiger charge is -2.39. The second kappa shape index (κ2) is 6.81. The number of aryl methyl sites for hydroxylation is 1. The number of likely N-dealkylation sites (tertiary alicyclic amines) is 1. The number of nitrogens with two attached hydrogens (primary N) is 1. The lowest BCUT2D eigenvalue weighted by molar-refractivity contribution is -0.127. The second-order valence-electron chi connectivity index (χ2n) is 7.52. The molecule has 8 heteroatoms. The zero-order valence-electron chi connectivity index (χ0n) is 15.6. The predicted octanol–water partition coefficient (Wildman–Crippen LogP) is 2.98. The van der Waals surface area contributed by atoms with Crippen molar-refractivity contribution in [1.29, 1.82) is 0 Å². The molecular formula is C20H22ClFN4O2. The topological polar surface area (TPSA) is 82.4 Å². The summed E-state index contributed by atoms with van der Waals surface area (Å²) in [5, 5.41) is 0.839. The molecule has 0 bridgehead atoms. The molecule has 2 amide bonds. The number of carbonyl (C=O) groups is 2. The summed E-state index contributed by atoms with van der Waals surface area (Å²) in [6.45, 7) is 7.20. The van der Waals surface area contributed by atoms with Gasteiger partial charge in [0.05, 0.1) is 27.8 Å². The van der Waals surface area contributed by atoms with Gasteiger partial charge < -0.3 is 20.5 Å². The first-order chi connectivity index (χ1) is 13.3. The number of anilines is 1. The number of hydrogen-bond acceptors (Lipinski definition) is 3. The van der Waals surface area contributed by atoms with E-state index < -0.39 is 11.7 Å². The molecule has 1 aromatic carbocycles. The van der Waals surface area contributed by atoms with Crippen LogP contribution < -0.4 is 10.6 Å². The molecule has 28 heavy (non-hydrogen) atoms. The Labute approximate surface area is 167 Å². The van der Waals surface area contributed by atoms with Gasteiger partial charge in [0.1, 0.15) is 5.82 Å². The number of H-pyrrole nitrogens is 1. The van der Waals surface area contributed by atoms with Crippen LogP contribution in [0.1, 0.15) is 28.9 Å². The number of carbonyl (C=O) groups excluding carboxylic acids is 2. The molecule has 4 rings (SSSR count). The number of primary amides is 1. The molecule has 0 radical (unpaired) electrons.